The van der Waals surface area contributed by atoms with Gasteiger partial charge in [-0.2, -0.15) is 0 Å². The maximum Gasteiger partial charge on any atom is 0.243 e. The molecule has 0 saturated carbocycles. The highest BCUT2D eigenvalue weighted by Crippen LogP contribution is 2.07. The first-order valence-corrected chi connectivity index (χ1v) is 5.40. The maximum absolute atomic E-state index is 11.2. The van der Waals surface area contributed by atoms with Crippen LogP contribution in [0.15, 0.2) is 12.2 Å². The van der Waals surface area contributed by atoms with E-state index in [1.807, 2.05) is 0 Å². The zero-order valence-electron chi connectivity index (χ0n) is 9.15. The van der Waals surface area contributed by atoms with Gasteiger partial charge in [-0.05, 0) is 12.5 Å². The van der Waals surface area contributed by atoms with Crippen LogP contribution in [-0.2, 0) is 14.4 Å². The third-order valence-corrected chi connectivity index (χ3v) is 2.35. The number of rotatable bonds is 6. The molecule has 5 nitrogen and oxygen atoms in total. The van der Waals surface area contributed by atoms with Gasteiger partial charge in [-0.3, -0.25) is 9.59 Å². The molecule has 0 bridgehead atoms. The molecule has 1 saturated heterocycles. The molecule has 1 heterocycles. The first kappa shape index (κ1) is 12.4. The van der Waals surface area contributed by atoms with E-state index in [9.17, 15) is 14.4 Å². The second kappa shape index (κ2) is 6.76. The molecule has 1 rings (SSSR count). The van der Waals surface area contributed by atoms with Crippen LogP contribution in [0.4, 0.5) is 0 Å². The summed E-state index contributed by atoms with van der Waals surface area (Å²) in [5.74, 6) is -0.0701. The van der Waals surface area contributed by atoms with Crippen molar-refractivity contribution in [3.05, 3.63) is 12.2 Å². The normalized spacial score (nSPS) is 15.8. The van der Waals surface area contributed by atoms with Crippen molar-refractivity contribution in [2.24, 2.45) is 0 Å². The Morgan fingerprint density at radius 1 is 1.50 bits per heavy atom. The van der Waals surface area contributed by atoms with E-state index >= 15 is 0 Å². The van der Waals surface area contributed by atoms with Crippen LogP contribution in [0, 0.1) is 0 Å². The van der Waals surface area contributed by atoms with Crippen molar-refractivity contribution in [1.29, 1.82) is 0 Å². The van der Waals surface area contributed by atoms with Gasteiger partial charge in [0, 0.05) is 32.5 Å². The van der Waals surface area contributed by atoms with Gasteiger partial charge in [0.15, 0.2) is 0 Å². The number of hydrogen-bond donors (Lipinski definition) is 1. The first-order chi connectivity index (χ1) is 7.74. The van der Waals surface area contributed by atoms with Crippen LogP contribution in [0.2, 0.25) is 0 Å². The summed E-state index contributed by atoms with van der Waals surface area (Å²) in [6.07, 6.45) is 5.34. The summed E-state index contributed by atoms with van der Waals surface area (Å²) in [5.41, 5.74) is 0. The standard InChI is InChI=1S/C11H16N2O3/c14-9-2-1-4-10(15)12-6-8-13-7-3-5-11(13)16/h1,4,9H,2-3,5-8H2,(H,12,15)/b4-1-. The van der Waals surface area contributed by atoms with Crippen molar-refractivity contribution in [2.75, 3.05) is 19.6 Å². The Bertz CT molecular complexity index is 300. The smallest absolute Gasteiger partial charge is 0.243 e. The number of amides is 2. The number of nitrogens with zero attached hydrogens (tertiary/aromatic N) is 1. The van der Waals surface area contributed by atoms with Crippen molar-refractivity contribution >= 4 is 18.1 Å². The van der Waals surface area contributed by atoms with E-state index in [2.05, 4.69) is 5.32 Å². The van der Waals surface area contributed by atoms with Gasteiger partial charge in [0.1, 0.15) is 6.29 Å². The summed E-state index contributed by atoms with van der Waals surface area (Å²) < 4.78 is 0. The quantitative estimate of drug-likeness (QED) is 0.505. The molecule has 0 aliphatic carbocycles. The lowest BCUT2D eigenvalue weighted by atomic mass is 10.4. The average Bonchev–Trinajstić information content (AvgIpc) is 2.65. The molecule has 1 aliphatic heterocycles. The molecular formula is C11H16N2O3. The summed E-state index contributed by atoms with van der Waals surface area (Å²) in [6, 6.07) is 0. The van der Waals surface area contributed by atoms with Gasteiger partial charge in [0.2, 0.25) is 11.8 Å². The second-order valence-corrected chi connectivity index (χ2v) is 3.58. The van der Waals surface area contributed by atoms with Gasteiger partial charge < -0.3 is 15.0 Å². The lowest BCUT2D eigenvalue weighted by Crippen LogP contribution is -2.34. The summed E-state index contributed by atoms with van der Waals surface area (Å²) in [7, 11) is 0. The zero-order valence-corrected chi connectivity index (χ0v) is 9.15. The second-order valence-electron chi connectivity index (χ2n) is 3.58. The zero-order chi connectivity index (χ0) is 11.8. The van der Waals surface area contributed by atoms with Crippen molar-refractivity contribution in [3.8, 4) is 0 Å². The molecule has 2 amide bonds. The van der Waals surface area contributed by atoms with Crippen LogP contribution in [-0.4, -0.2) is 42.6 Å². The lowest BCUT2D eigenvalue weighted by molar-refractivity contribution is -0.128. The van der Waals surface area contributed by atoms with Crippen molar-refractivity contribution in [3.63, 3.8) is 0 Å². The summed E-state index contributed by atoms with van der Waals surface area (Å²) in [5, 5.41) is 2.65. The fourth-order valence-electron chi connectivity index (χ4n) is 1.54. The third-order valence-electron chi connectivity index (χ3n) is 2.35. The molecule has 0 radical (unpaired) electrons. The SMILES string of the molecule is O=CC/C=C\C(=O)NCCN1CCCC1=O. The number of carbonyl (C=O) groups is 3. The number of likely N-dealkylation sites (tertiary alicyclic amines) is 1. The third kappa shape index (κ3) is 4.25. The Morgan fingerprint density at radius 2 is 2.31 bits per heavy atom. The van der Waals surface area contributed by atoms with Crippen LogP contribution >= 0.6 is 0 Å². The van der Waals surface area contributed by atoms with E-state index in [0.29, 0.717) is 19.5 Å². The molecule has 0 spiro atoms. The molecule has 5 heteroatoms. The molecule has 1 fully saturated rings. The lowest BCUT2D eigenvalue weighted by Gasteiger charge is -2.14. The summed E-state index contributed by atoms with van der Waals surface area (Å²) in [6.45, 7) is 1.80. The van der Waals surface area contributed by atoms with Crippen LogP contribution < -0.4 is 5.32 Å². The molecule has 1 N–H and O–H groups in total. The van der Waals surface area contributed by atoms with Crippen LogP contribution in [0.3, 0.4) is 0 Å². The van der Waals surface area contributed by atoms with Gasteiger partial charge in [0.05, 0.1) is 0 Å². The molecule has 88 valence electrons. The van der Waals surface area contributed by atoms with Gasteiger partial charge in [0.25, 0.3) is 0 Å². The minimum Gasteiger partial charge on any atom is -0.351 e. The van der Waals surface area contributed by atoms with E-state index < -0.39 is 0 Å². The molecule has 0 aromatic rings. The van der Waals surface area contributed by atoms with E-state index in [-0.39, 0.29) is 18.2 Å². The minimum absolute atomic E-state index is 0.158. The highest BCUT2D eigenvalue weighted by molar-refractivity contribution is 5.87. The number of aldehydes is 1. The van der Waals surface area contributed by atoms with Crippen LogP contribution in [0.25, 0.3) is 0 Å². The molecule has 1 aliphatic rings. The fourth-order valence-corrected chi connectivity index (χ4v) is 1.54. The minimum atomic E-state index is -0.228. The van der Waals surface area contributed by atoms with Crippen molar-refractivity contribution in [1.82, 2.24) is 10.2 Å². The first-order valence-electron chi connectivity index (χ1n) is 5.40. The van der Waals surface area contributed by atoms with E-state index in [1.165, 1.54) is 12.2 Å². The van der Waals surface area contributed by atoms with Gasteiger partial charge in [-0.25, -0.2) is 0 Å². The molecule has 0 aromatic heterocycles. The predicted octanol–water partition coefficient (Wildman–Crippen LogP) is -0.130. The van der Waals surface area contributed by atoms with Crippen LogP contribution in [0.5, 0.6) is 0 Å². The van der Waals surface area contributed by atoms with Crippen molar-refractivity contribution in [2.45, 2.75) is 19.3 Å². The van der Waals surface area contributed by atoms with E-state index in [1.54, 1.807) is 4.90 Å². The Labute approximate surface area is 94.5 Å². The summed E-state index contributed by atoms with van der Waals surface area (Å²) in [4.78, 5) is 34.1. The van der Waals surface area contributed by atoms with Gasteiger partial charge in [-0.15, -0.1) is 0 Å². The highest BCUT2D eigenvalue weighted by atomic mass is 16.2. The predicted molar refractivity (Wildman–Crippen MR) is 58.6 cm³/mol. The molecule has 0 aromatic carbocycles. The molecule has 0 atom stereocenters. The molecule has 0 unspecified atom stereocenters. The number of allylic oxidation sites excluding steroid dienone is 1. The Balaban J connectivity index is 2.12. The van der Waals surface area contributed by atoms with Crippen LogP contribution in [0.1, 0.15) is 19.3 Å². The topological polar surface area (TPSA) is 66.5 Å². The Kier molecular flexibility index (Phi) is 5.25. The highest BCUT2D eigenvalue weighted by Gasteiger charge is 2.18. The summed E-state index contributed by atoms with van der Waals surface area (Å²) >= 11 is 0. The monoisotopic (exact) mass is 224 g/mol. The largest absolute Gasteiger partial charge is 0.351 e. The maximum atomic E-state index is 11.2. The van der Waals surface area contributed by atoms with E-state index in [4.69, 9.17) is 0 Å². The molecule has 16 heavy (non-hydrogen) atoms. The Morgan fingerprint density at radius 3 is 2.94 bits per heavy atom. The van der Waals surface area contributed by atoms with Gasteiger partial charge in [-0.1, -0.05) is 6.08 Å². The van der Waals surface area contributed by atoms with Crippen molar-refractivity contribution < 1.29 is 14.4 Å². The average molecular weight is 224 g/mol. The Hall–Kier alpha value is -1.65. The van der Waals surface area contributed by atoms with E-state index in [0.717, 1.165) is 19.3 Å². The number of nitrogens with one attached hydrogen (secondary N) is 1. The fraction of sp³-hybridized carbons (Fsp3) is 0.545. The van der Waals surface area contributed by atoms with Gasteiger partial charge >= 0.3 is 0 Å². The number of hydrogen-bond acceptors (Lipinski definition) is 3. The number of carbonyl (C=O) groups excluding carboxylic acids is 3. The molecular weight excluding hydrogens is 208 g/mol.